The zero-order chi connectivity index (χ0) is 16.0. The molecule has 0 aliphatic heterocycles. The van der Waals surface area contributed by atoms with Crippen LogP contribution in [0, 0.1) is 20.2 Å². The van der Waals surface area contributed by atoms with Crippen LogP contribution in [0.3, 0.4) is 0 Å². The Morgan fingerprint density at radius 2 is 1.81 bits per heavy atom. The highest BCUT2D eigenvalue weighted by atomic mass is 16.6. The first-order valence-corrected chi connectivity index (χ1v) is 7.04. The number of hydrogen-bond acceptors (Lipinski definition) is 5. The summed E-state index contributed by atoms with van der Waals surface area (Å²) in [6, 6.07) is 2.50. The molecule has 0 heterocycles. The molecule has 1 aromatic rings. The second kappa shape index (κ2) is 7.56. The molecule has 0 spiro atoms. The van der Waals surface area contributed by atoms with Gasteiger partial charge in [-0.05, 0) is 18.4 Å². The van der Waals surface area contributed by atoms with Gasteiger partial charge >= 0.3 is 11.4 Å². The van der Waals surface area contributed by atoms with Crippen LogP contribution in [0.25, 0.3) is 0 Å². The third-order valence-corrected chi connectivity index (χ3v) is 3.56. The minimum atomic E-state index is -0.902. The van der Waals surface area contributed by atoms with Gasteiger partial charge < -0.3 is 5.11 Å². The van der Waals surface area contributed by atoms with Gasteiger partial charge in [-0.15, -0.1) is 0 Å². The molecule has 1 aromatic carbocycles. The van der Waals surface area contributed by atoms with E-state index in [0.29, 0.717) is 5.56 Å². The molecule has 0 fully saturated rings. The van der Waals surface area contributed by atoms with Gasteiger partial charge in [-0.1, -0.05) is 39.5 Å². The number of unbranched alkanes of at least 4 members (excludes halogenated alkanes) is 3. The Kier molecular flexibility index (Phi) is 6.08. The van der Waals surface area contributed by atoms with Crippen molar-refractivity contribution in [2.75, 3.05) is 0 Å². The molecule has 1 atom stereocenters. The summed E-state index contributed by atoms with van der Waals surface area (Å²) in [7, 11) is 0. The van der Waals surface area contributed by atoms with Crippen LogP contribution >= 0.6 is 0 Å². The van der Waals surface area contributed by atoms with Crippen LogP contribution in [0.4, 0.5) is 11.4 Å². The van der Waals surface area contributed by atoms with Crippen molar-refractivity contribution < 1.29 is 15.0 Å². The third kappa shape index (κ3) is 4.14. The molecule has 0 saturated heterocycles. The lowest BCUT2D eigenvalue weighted by Crippen LogP contribution is -2.01. The van der Waals surface area contributed by atoms with E-state index in [1.54, 1.807) is 0 Å². The Bertz CT molecular complexity index is 530. The highest BCUT2D eigenvalue weighted by Crippen LogP contribution is 2.42. The quantitative estimate of drug-likeness (QED) is 0.437. The number of phenols is 1. The molecule has 7 heteroatoms. The van der Waals surface area contributed by atoms with E-state index >= 15 is 0 Å². The van der Waals surface area contributed by atoms with Gasteiger partial charge in [0.1, 0.15) is 0 Å². The fourth-order valence-corrected chi connectivity index (χ4v) is 2.34. The summed E-state index contributed by atoms with van der Waals surface area (Å²) in [5, 5.41) is 31.8. The molecular formula is C14H20N2O5. The first kappa shape index (κ1) is 16.9. The lowest BCUT2D eigenvalue weighted by Gasteiger charge is -2.13. The van der Waals surface area contributed by atoms with Crippen LogP contribution in [0.1, 0.15) is 57.4 Å². The molecule has 21 heavy (non-hydrogen) atoms. The summed E-state index contributed by atoms with van der Waals surface area (Å²) in [6.45, 7) is 3.96. The normalized spacial score (nSPS) is 12.1. The van der Waals surface area contributed by atoms with Crippen LogP contribution in [0.5, 0.6) is 5.75 Å². The molecule has 0 aliphatic rings. The van der Waals surface area contributed by atoms with Crippen molar-refractivity contribution >= 4 is 11.4 Å². The number of nitro groups is 2. The van der Waals surface area contributed by atoms with Crippen molar-refractivity contribution in [2.45, 2.75) is 51.9 Å². The number of rotatable bonds is 8. The monoisotopic (exact) mass is 296 g/mol. The van der Waals surface area contributed by atoms with E-state index in [2.05, 4.69) is 6.92 Å². The molecule has 1 N–H and O–H groups in total. The molecule has 0 amide bonds. The predicted octanol–water partition coefficient (Wildman–Crippen LogP) is 4.28. The van der Waals surface area contributed by atoms with E-state index in [0.717, 1.165) is 38.2 Å². The zero-order valence-corrected chi connectivity index (χ0v) is 12.2. The minimum Gasteiger partial charge on any atom is -0.502 e. The molecule has 0 radical (unpaired) electrons. The second-order valence-electron chi connectivity index (χ2n) is 5.14. The van der Waals surface area contributed by atoms with Gasteiger partial charge in [0, 0.05) is 11.6 Å². The Balaban J connectivity index is 3.01. The van der Waals surface area contributed by atoms with Crippen LogP contribution in [0.2, 0.25) is 0 Å². The van der Waals surface area contributed by atoms with Crippen molar-refractivity contribution in [3.63, 3.8) is 0 Å². The lowest BCUT2D eigenvalue weighted by atomic mass is 9.93. The Morgan fingerprint density at radius 1 is 1.14 bits per heavy atom. The van der Waals surface area contributed by atoms with Gasteiger partial charge in [0.05, 0.1) is 9.85 Å². The maximum atomic E-state index is 11.0. The van der Waals surface area contributed by atoms with E-state index < -0.39 is 27.0 Å². The largest absolute Gasteiger partial charge is 0.502 e. The standard InChI is InChI=1S/C14H20N2O5/c1-3-4-5-6-7-10(2)11-8-9-12(15(18)19)13(14(11)17)16(20)21/h8-10,17H,3-7H2,1-2H3. The van der Waals surface area contributed by atoms with Gasteiger partial charge in [-0.3, -0.25) is 20.2 Å². The summed E-state index contributed by atoms with van der Waals surface area (Å²) >= 11 is 0. The first-order chi connectivity index (χ1) is 9.90. The van der Waals surface area contributed by atoms with E-state index in [1.165, 1.54) is 6.07 Å². The molecule has 1 unspecified atom stereocenters. The van der Waals surface area contributed by atoms with Crippen molar-refractivity contribution in [2.24, 2.45) is 0 Å². The summed E-state index contributed by atoms with van der Waals surface area (Å²) in [6.07, 6.45) is 5.04. The number of nitrogens with zero attached hydrogens (tertiary/aromatic N) is 2. The molecule has 0 aromatic heterocycles. The molecule has 0 aliphatic carbocycles. The molecule has 1 rings (SSSR count). The maximum Gasteiger partial charge on any atom is 0.387 e. The number of phenolic OH excluding ortho intramolecular Hbond substituents is 1. The SMILES string of the molecule is CCCCCCC(C)c1ccc([N+](=O)[O-])c([N+](=O)[O-])c1O. The Morgan fingerprint density at radius 3 is 2.33 bits per heavy atom. The zero-order valence-electron chi connectivity index (χ0n) is 12.2. The number of benzene rings is 1. The maximum absolute atomic E-state index is 11.0. The molecular weight excluding hydrogens is 276 g/mol. The van der Waals surface area contributed by atoms with E-state index in [1.807, 2.05) is 6.92 Å². The van der Waals surface area contributed by atoms with Crippen molar-refractivity contribution in [1.29, 1.82) is 0 Å². The van der Waals surface area contributed by atoms with E-state index in [4.69, 9.17) is 0 Å². The smallest absolute Gasteiger partial charge is 0.387 e. The van der Waals surface area contributed by atoms with Gasteiger partial charge in [0.25, 0.3) is 0 Å². The summed E-state index contributed by atoms with van der Waals surface area (Å²) < 4.78 is 0. The number of aromatic hydroxyl groups is 1. The summed E-state index contributed by atoms with van der Waals surface area (Å²) in [4.78, 5) is 20.0. The van der Waals surface area contributed by atoms with E-state index in [9.17, 15) is 25.3 Å². The molecule has 7 nitrogen and oxygen atoms in total. The first-order valence-electron chi connectivity index (χ1n) is 7.04. The van der Waals surface area contributed by atoms with Gasteiger partial charge in [-0.2, -0.15) is 0 Å². The molecule has 116 valence electrons. The third-order valence-electron chi connectivity index (χ3n) is 3.56. The van der Waals surface area contributed by atoms with Crippen molar-refractivity contribution in [1.82, 2.24) is 0 Å². The average molecular weight is 296 g/mol. The topological polar surface area (TPSA) is 107 Å². The van der Waals surface area contributed by atoms with E-state index in [-0.39, 0.29) is 5.92 Å². The molecule has 0 bridgehead atoms. The lowest BCUT2D eigenvalue weighted by molar-refractivity contribution is -0.423. The fourth-order valence-electron chi connectivity index (χ4n) is 2.34. The van der Waals surface area contributed by atoms with Crippen LogP contribution in [0.15, 0.2) is 12.1 Å². The second-order valence-corrected chi connectivity index (χ2v) is 5.14. The Labute approximate surface area is 122 Å². The minimum absolute atomic E-state index is 0.0821. The van der Waals surface area contributed by atoms with Crippen LogP contribution < -0.4 is 0 Å². The van der Waals surface area contributed by atoms with Crippen molar-refractivity contribution in [3.05, 3.63) is 37.9 Å². The van der Waals surface area contributed by atoms with Crippen LogP contribution in [-0.2, 0) is 0 Å². The highest BCUT2D eigenvalue weighted by molar-refractivity contribution is 5.64. The van der Waals surface area contributed by atoms with Gasteiger partial charge in [-0.25, -0.2) is 0 Å². The number of nitro benzene ring substituents is 2. The summed E-state index contributed by atoms with van der Waals surface area (Å²) in [5.41, 5.74) is -1.11. The highest BCUT2D eigenvalue weighted by Gasteiger charge is 2.31. The summed E-state index contributed by atoms with van der Waals surface area (Å²) in [5.74, 6) is -0.668. The van der Waals surface area contributed by atoms with Gasteiger partial charge in [0.2, 0.25) is 5.75 Å². The predicted molar refractivity (Wildman–Crippen MR) is 78.6 cm³/mol. The Hall–Kier alpha value is -2.18. The van der Waals surface area contributed by atoms with Crippen LogP contribution in [-0.4, -0.2) is 15.0 Å². The average Bonchev–Trinajstić information content (AvgIpc) is 2.42. The van der Waals surface area contributed by atoms with Crippen molar-refractivity contribution in [3.8, 4) is 5.75 Å². The van der Waals surface area contributed by atoms with Gasteiger partial charge in [0.15, 0.2) is 0 Å². The molecule has 0 saturated carbocycles. The number of hydrogen-bond donors (Lipinski definition) is 1. The fraction of sp³-hybridized carbons (Fsp3) is 0.571.